The van der Waals surface area contributed by atoms with Crippen molar-refractivity contribution in [1.82, 2.24) is 5.43 Å². The van der Waals surface area contributed by atoms with Crippen molar-refractivity contribution in [2.75, 3.05) is 19.0 Å². The third-order valence-corrected chi connectivity index (χ3v) is 3.55. The van der Waals surface area contributed by atoms with Crippen LogP contribution in [-0.2, 0) is 4.79 Å². The van der Waals surface area contributed by atoms with E-state index in [1.54, 1.807) is 13.3 Å². The van der Waals surface area contributed by atoms with Gasteiger partial charge in [-0.05, 0) is 59.0 Å². The number of anilines is 1. The molecule has 0 fully saturated rings. The van der Waals surface area contributed by atoms with Crippen molar-refractivity contribution in [2.45, 2.75) is 0 Å². The Morgan fingerprint density at radius 3 is 2.68 bits per heavy atom. The second-order valence-corrected chi connectivity index (χ2v) is 5.64. The number of halogens is 1. The van der Waals surface area contributed by atoms with E-state index in [9.17, 15) is 4.79 Å². The van der Waals surface area contributed by atoms with Gasteiger partial charge in [-0.15, -0.1) is 0 Å². The van der Waals surface area contributed by atoms with Crippen molar-refractivity contribution >= 4 is 40.4 Å². The van der Waals surface area contributed by atoms with Crippen LogP contribution < -0.4 is 15.5 Å². The highest BCUT2D eigenvalue weighted by atomic mass is 127. The van der Waals surface area contributed by atoms with Gasteiger partial charge in [-0.2, -0.15) is 5.10 Å². The van der Waals surface area contributed by atoms with Gasteiger partial charge in [0.2, 0.25) is 0 Å². The summed E-state index contributed by atoms with van der Waals surface area (Å²) in [5, 5.41) is 6.96. The number of methoxy groups -OCH3 is 1. The van der Waals surface area contributed by atoms with E-state index < -0.39 is 0 Å². The van der Waals surface area contributed by atoms with Gasteiger partial charge in [-0.25, -0.2) is 5.43 Å². The van der Waals surface area contributed by atoms with E-state index in [0.717, 1.165) is 14.8 Å². The Labute approximate surface area is 142 Å². The van der Waals surface area contributed by atoms with Crippen LogP contribution in [-0.4, -0.2) is 25.8 Å². The normalized spacial score (nSPS) is 10.5. The first kappa shape index (κ1) is 16.3. The van der Waals surface area contributed by atoms with E-state index in [0.29, 0.717) is 5.75 Å². The van der Waals surface area contributed by atoms with E-state index >= 15 is 0 Å². The Balaban J connectivity index is 1.82. The smallest absolute Gasteiger partial charge is 0.259 e. The van der Waals surface area contributed by atoms with Crippen molar-refractivity contribution in [3.8, 4) is 5.75 Å². The SMILES string of the molecule is COc1ccccc1/C=N\NC(=O)CNc1ccc(I)cc1. The highest BCUT2D eigenvalue weighted by Crippen LogP contribution is 2.14. The molecule has 0 aliphatic rings. The zero-order valence-electron chi connectivity index (χ0n) is 12.0. The number of hydrazone groups is 1. The Kier molecular flexibility index (Phi) is 6.20. The molecule has 0 saturated carbocycles. The Hall–Kier alpha value is -2.09. The quantitative estimate of drug-likeness (QED) is 0.438. The lowest BCUT2D eigenvalue weighted by atomic mass is 10.2. The second kappa shape index (κ2) is 8.38. The lowest BCUT2D eigenvalue weighted by Crippen LogP contribution is -2.25. The predicted molar refractivity (Wildman–Crippen MR) is 96.4 cm³/mol. The van der Waals surface area contributed by atoms with E-state index in [-0.39, 0.29) is 12.5 Å². The number of carbonyl (C=O) groups is 1. The van der Waals surface area contributed by atoms with Crippen LogP contribution in [0.25, 0.3) is 0 Å². The summed E-state index contributed by atoms with van der Waals surface area (Å²) in [6.45, 7) is 0.157. The summed E-state index contributed by atoms with van der Waals surface area (Å²) in [7, 11) is 1.59. The number of carbonyl (C=O) groups excluding carboxylic acids is 1. The highest BCUT2D eigenvalue weighted by molar-refractivity contribution is 14.1. The van der Waals surface area contributed by atoms with Gasteiger partial charge in [-0.1, -0.05) is 12.1 Å². The second-order valence-electron chi connectivity index (χ2n) is 4.40. The van der Waals surface area contributed by atoms with Gasteiger partial charge in [0.25, 0.3) is 5.91 Å². The van der Waals surface area contributed by atoms with Crippen LogP contribution in [0.1, 0.15) is 5.56 Å². The number of hydrogen-bond donors (Lipinski definition) is 2. The maximum Gasteiger partial charge on any atom is 0.259 e. The van der Waals surface area contributed by atoms with Gasteiger partial charge in [0, 0.05) is 14.8 Å². The molecule has 2 rings (SSSR count). The van der Waals surface area contributed by atoms with Gasteiger partial charge >= 0.3 is 0 Å². The van der Waals surface area contributed by atoms with Crippen molar-refractivity contribution in [3.63, 3.8) is 0 Å². The number of nitrogens with zero attached hydrogens (tertiary/aromatic N) is 1. The van der Waals surface area contributed by atoms with Gasteiger partial charge in [0.1, 0.15) is 5.75 Å². The van der Waals surface area contributed by atoms with Gasteiger partial charge < -0.3 is 10.1 Å². The number of hydrogen-bond acceptors (Lipinski definition) is 4. The third-order valence-electron chi connectivity index (χ3n) is 2.83. The van der Waals surface area contributed by atoms with Crippen molar-refractivity contribution in [2.24, 2.45) is 5.10 Å². The lowest BCUT2D eigenvalue weighted by Gasteiger charge is -2.05. The zero-order chi connectivity index (χ0) is 15.8. The molecule has 2 aromatic rings. The first-order chi connectivity index (χ1) is 10.7. The number of rotatable bonds is 6. The fourth-order valence-electron chi connectivity index (χ4n) is 1.74. The third kappa shape index (κ3) is 5.03. The molecule has 1 amide bonds. The molecule has 0 aliphatic carbocycles. The fourth-order valence-corrected chi connectivity index (χ4v) is 2.10. The minimum atomic E-state index is -0.218. The van der Waals surface area contributed by atoms with Crippen LogP contribution in [0.4, 0.5) is 5.69 Å². The highest BCUT2D eigenvalue weighted by Gasteiger charge is 2.00. The molecule has 2 N–H and O–H groups in total. The van der Waals surface area contributed by atoms with E-state index in [1.165, 1.54) is 0 Å². The Bertz CT molecular complexity index is 657. The van der Waals surface area contributed by atoms with Crippen molar-refractivity contribution in [1.29, 1.82) is 0 Å². The van der Waals surface area contributed by atoms with Crippen LogP contribution in [0.3, 0.4) is 0 Å². The van der Waals surface area contributed by atoms with Crippen LogP contribution in [0.2, 0.25) is 0 Å². The molecule has 0 atom stereocenters. The molecule has 5 nitrogen and oxygen atoms in total. The Morgan fingerprint density at radius 1 is 1.23 bits per heavy atom. The van der Waals surface area contributed by atoms with E-state index in [2.05, 4.69) is 38.4 Å². The summed E-state index contributed by atoms with van der Waals surface area (Å²) in [5.74, 6) is 0.488. The standard InChI is InChI=1S/C16H16IN3O2/c1-22-15-5-3-2-4-12(15)10-19-20-16(21)11-18-14-8-6-13(17)7-9-14/h2-10,18H,11H2,1H3,(H,20,21)/b19-10-. The summed E-state index contributed by atoms with van der Waals surface area (Å²) >= 11 is 2.23. The molecule has 22 heavy (non-hydrogen) atoms. The summed E-state index contributed by atoms with van der Waals surface area (Å²) in [5.41, 5.74) is 4.17. The van der Waals surface area contributed by atoms with Gasteiger partial charge in [0.15, 0.2) is 0 Å². The minimum Gasteiger partial charge on any atom is -0.496 e. The van der Waals surface area contributed by atoms with E-state index in [4.69, 9.17) is 4.74 Å². The van der Waals surface area contributed by atoms with Gasteiger partial charge in [0.05, 0.1) is 19.9 Å². The fraction of sp³-hybridized carbons (Fsp3) is 0.125. The first-order valence-corrected chi connectivity index (χ1v) is 7.71. The summed E-state index contributed by atoms with van der Waals surface area (Å²) in [6, 6.07) is 15.2. The maximum absolute atomic E-state index is 11.7. The molecule has 0 aromatic heterocycles. The zero-order valence-corrected chi connectivity index (χ0v) is 14.2. The first-order valence-electron chi connectivity index (χ1n) is 6.63. The van der Waals surface area contributed by atoms with Crippen molar-refractivity contribution < 1.29 is 9.53 Å². The molecule has 6 heteroatoms. The molecular formula is C16H16IN3O2. The number of para-hydroxylation sites is 1. The predicted octanol–water partition coefficient (Wildman–Crippen LogP) is 2.86. The lowest BCUT2D eigenvalue weighted by molar-refractivity contribution is -0.119. The molecule has 0 spiro atoms. The van der Waals surface area contributed by atoms with E-state index in [1.807, 2.05) is 48.5 Å². The van der Waals surface area contributed by atoms with Crippen LogP contribution in [0.15, 0.2) is 53.6 Å². The molecule has 114 valence electrons. The molecule has 0 radical (unpaired) electrons. The topological polar surface area (TPSA) is 62.7 Å². The van der Waals surface area contributed by atoms with Crippen LogP contribution >= 0.6 is 22.6 Å². The summed E-state index contributed by atoms with van der Waals surface area (Å²) in [6.07, 6.45) is 1.56. The minimum absolute atomic E-state index is 0.157. The molecule has 0 saturated heterocycles. The summed E-state index contributed by atoms with van der Waals surface area (Å²) in [4.78, 5) is 11.7. The molecular weight excluding hydrogens is 393 g/mol. The van der Waals surface area contributed by atoms with Crippen LogP contribution in [0.5, 0.6) is 5.75 Å². The summed E-state index contributed by atoms with van der Waals surface area (Å²) < 4.78 is 6.35. The molecule has 0 unspecified atom stereocenters. The van der Waals surface area contributed by atoms with Crippen LogP contribution in [0, 0.1) is 3.57 Å². The number of ether oxygens (including phenoxy) is 1. The van der Waals surface area contributed by atoms with Crippen molar-refractivity contribution in [3.05, 3.63) is 57.7 Å². The molecule has 0 bridgehead atoms. The number of amides is 1. The average Bonchev–Trinajstić information content (AvgIpc) is 2.55. The molecule has 0 aliphatic heterocycles. The average molecular weight is 409 g/mol. The largest absolute Gasteiger partial charge is 0.496 e. The maximum atomic E-state index is 11.7. The number of benzene rings is 2. The number of nitrogens with one attached hydrogen (secondary N) is 2. The molecule has 2 aromatic carbocycles. The molecule has 0 heterocycles. The van der Waals surface area contributed by atoms with Gasteiger partial charge in [-0.3, -0.25) is 4.79 Å². The monoisotopic (exact) mass is 409 g/mol. The Morgan fingerprint density at radius 2 is 1.95 bits per heavy atom.